The van der Waals surface area contributed by atoms with Crippen LogP contribution in [0.5, 0.6) is 0 Å². The average Bonchev–Trinajstić information content (AvgIpc) is 2.97. The van der Waals surface area contributed by atoms with Gasteiger partial charge in [-0.2, -0.15) is 11.8 Å². The van der Waals surface area contributed by atoms with E-state index in [4.69, 9.17) is 9.47 Å². The lowest BCUT2D eigenvalue weighted by atomic mass is 10.1. The molecule has 1 amide bonds. The molecule has 2 N–H and O–H groups in total. The summed E-state index contributed by atoms with van der Waals surface area (Å²) in [5.74, 6) is 2.91. The van der Waals surface area contributed by atoms with Gasteiger partial charge in [-0.25, -0.2) is 0 Å². The van der Waals surface area contributed by atoms with E-state index >= 15 is 0 Å². The molecular formula is C14H27ClN2O3S. The molecule has 0 aromatic rings. The summed E-state index contributed by atoms with van der Waals surface area (Å²) in [4.78, 5) is 11.7. The number of hydrogen-bond donors (Lipinski definition) is 2. The third-order valence-corrected chi connectivity index (χ3v) is 4.73. The van der Waals surface area contributed by atoms with E-state index in [0.29, 0.717) is 31.5 Å². The summed E-state index contributed by atoms with van der Waals surface area (Å²) in [6, 6.07) is 0.340. The fourth-order valence-electron chi connectivity index (χ4n) is 2.41. The van der Waals surface area contributed by atoms with Crippen LogP contribution in [0.1, 0.15) is 19.3 Å². The minimum absolute atomic E-state index is 0. The molecular weight excluding hydrogens is 312 g/mol. The second-order valence-corrected chi connectivity index (χ2v) is 6.59. The van der Waals surface area contributed by atoms with Crippen LogP contribution in [0, 0.1) is 5.92 Å². The van der Waals surface area contributed by atoms with Crippen LogP contribution in [0.15, 0.2) is 0 Å². The van der Waals surface area contributed by atoms with Crippen LogP contribution < -0.4 is 10.6 Å². The first kappa shape index (κ1) is 19.0. The second kappa shape index (κ2) is 11.5. The van der Waals surface area contributed by atoms with Crippen molar-refractivity contribution in [3.05, 3.63) is 0 Å². The Bertz CT molecular complexity index is 285. The van der Waals surface area contributed by atoms with Crippen LogP contribution in [0.4, 0.5) is 0 Å². The average molecular weight is 339 g/mol. The first-order valence-electron chi connectivity index (χ1n) is 7.58. The lowest BCUT2D eigenvalue weighted by Gasteiger charge is -2.22. The summed E-state index contributed by atoms with van der Waals surface area (Å²) >= 11 is 1.92. The molecule has 124 valence electrons. The van der Waals surface area contributed by atoms with Crippen molar-refractivity contribution in [2.24, 2.45) is 5.92 Å². The molecule has 2 rings (SSSR count). The fraction of sp³-hybridized carbons (Fsp3) is 0.929. The lowest BCUT2D eigenvalue weighted by Crippen LogP contribution is -2.41. The number of amides is 1. The van der Waals surface area contributed by atoms with Gasteiger partial charge >= 0.3 is 0 Å². The third kappa shape index (κ3) is 8.26. The number of ether oxygens (including phenoxy) is 2. The van der Waals surface area contributed by atoms with Crippen LogP contribution in [0.25, 0.3) is 0 Å². The highest BCUT2D eigenvalue weighted by molar-refractivity contribution is 7.99. The van der Waals surface area contributed by atoms with Crippen LogP contribution >= 0.6 is 24.2 Å². The molecule has 2 fully saturated rings. The Labute approximate surface area is 137 Å². The van der Waals surface area contributed by atoms with Gasteiger partial charge in [0.1, 0.15) is 0 Å². The second-order valence-electron chi connectivity index (χ2n) is 5.44. The Kier molecular flexibility index (Phi) is 10.5. The Hall–Kier alpha value is -0.0100. The third-order valence-electron chi connectivity index (χ3n) is 3.60. The molecule has 0 spiro atoms. The predicted molar refractivity (Wildman–Crippen MR) is 88.4 cm³/mol. The minimum Gasteiger partial charge on any atom is -0.381 e. The van der Waals surface area contributed by atoms with E-state index in [1.807, 2.05) is 11.8 Å². The van der Waals surface area contributed by atoms with Gasteiger partial charge in [-0.15, -0.1) is 12.4 Å². The zero-order valence-electron chi connectivity index (χ0n) is 12.5. The maximum Gasteiger partial charge on any atom is 0.221 e. The van der Waals surface area contributed by atoms with Gasteiger partial charge in [0.25, 0.3) is 0 Å². The van der Waals surface area contributed by atoms with Crippen molar-refractivity contribution in [3.8, 4) is 0 Å². The summed E-state index contributed by atoms with van der Waals surface area (Å²) < 4.78 is 10.9. The summed E-state index contributed by atoms with van der Waals surface area (Å²) in [7, 11) is 0. The van der Waals surface area contributed by atoms with Crippen molar-refractivity contribution in [2.45, 2.75) is 25.3 Å². The number of carbonyl (C=O) groups excluding carboxylic acids is 1. The zero-order chi connectivity index (χ0) is 14.0. The molecule has 0 aliphatic carbocycles. The number of nitrogens with one attached hydrogen (secondary N) is 2. The first-order valence-corrected chi connectivity index (χ1v) is 8.73. The topological polar surface area (TPSA) is 59.6 Å². The monoisotopic (exact) mass is 338 g/mol. The van der Waals surface area contributed by atoms with E-state index < -0.39 is 0 Å². The van der Waals surface area contributed by atoms with Crippen LogP contribution in [0.3, 0.4) is 0 Å². The fourth-order valence-corrected chi connectivity index (χ4v) is 3.36. The summed E-state index contributed by atoms with van der Waals surface area (Å²) in [5.41, 5.74) is 0. The van der Waals surface area contributed by atoms with Crippen LogP contribution in [-0.4, -0.2) is 63.0 Å². The standard InChI is InChI=1S/C14H26N2O3S.ClH/c17-14(8-13-11-20-7-4-15-13)16-3-1-5-18-9-12-2-6-19-10-12;/h12-13,15H,1-11H2,(H,16,17);1H. The van der Waals surface area contributed by atoms with Crippen molar-refractivity contribution >= 4 is 30.1 Å². The maximum atomic E-state index is 11.7. The molecule has 2 saturated heterocycles. The molecule has 0 aromatic heterocycles. The normalized spacial score (nSPS) is 25.3. The number of halogens is 1. The molecule has 2 heterocycles. The summed E-state index contributed by atoms with van der Waals surface area (Å²) in [6.07, 6.45) is 2.59. The van der Waals surface area contributed by atoms with E-state index in [-0.39, 0.29) is 18.3 Å². The van der Waals surface area contributed by atoms with Gasteiger partial charge in [0.15, 0.2) is 0 Å². The van der Waals surface area contributed by atoms with Gasteiger partial charge in [-0.05, 0) is 12.8 Å². The van der Waals surface area contributed by atoms with Gasteiger partial charge in [-0.1, -0.05) is 0 Å². The highest BCUT2D eigenvalue weighted by Crippen LogP contribution is 2.12. The van der Waals surface area contributed by atoms with Crippen molar-refractivity contribution in [1.82, 2.24) is 10.6 Å². The molecule has 5 nitrogen and oxygen atoms in total. The maximum absolute atomic E-state index is 11.7. The number of thioether (sulfide) groups is 1. The molecule has 2 unspecified atom stereocenters. The van der Waals surface area contributed by atoms with Crippen LogP contribution in [0.2, 0.25) is 0 Å². The lowest BCUT2D eigenvalue weighted by molar-refractivity contribution is -0.121. The first-order chi connectivity index (χ1) is 9.84. The molecule has 0 bridgehead atoms. The van der Waals surface area contributed by atoms with Gasteiger partial charge in [0.2, 0.25) is 5.91 Å². The predicted octanol–water partition coefficient (Wildman–Crippen LogP) is 1.06. The number of hydrogen-bond acceptors (Lipinski definition) is 5. The van der Waals surface area contributed by atoms with Gasteiger partial charge in [-0.3, -0.25) is 4.79 Å². The Morgan fingerprint density at radius 2 is 2.38 bits per heavy atom. The van der Waals surface area contributed by atoms with Gasteiger partial charge in [0.05, 0.1) is 13.2 Å². The Morgan fingerprint density at radius 3 is 3.10 bits per heavy atom. The van der Waals surface area contributed by atoms with Gasteiger partial charge < -0.3 is 20.1 Å². The van der Waals surface area contributed by atoms with Crippen molar-refractivity contribution in [1.29, 1.82) is 0 Å². The highest BCUT2D eigenvalue weighted by atomic mass is 35.5. The Balaban J connectivity index is 0.00000220. The van der Waals surface area contributed by atoms with E-state index in [2.05, 4.69) is 10.6 Å². The molecule has 21 heavy (non-hydrogen) atoms. The molecule has 0 radical (unpaired) electrons. The highest BCUT2D eigenvalue weighted by Gasteiger charge is 2.16. The summed E-state index contributed by atoms with van der Waals surface area (Å²) in [6.45, 7) is 4.94. The molecule has 2 aliphatic rings. The molecule has 2 atom stereocenters. The molecule has 0 saturated carbocycles. The van der Waals surface area contributed by atoms with E-state index in [1.54, 1.807) is 0 Å². The van der Waals surface area contributed by atoms with Crippen molar-refractivity contribution in [3.63, 3.8) is 0 Å². The van der Waals surface area contributed by atoms with Crippen molar-refractivity contribution < 1.29 is 14.3 Å². The molecule has 2 aliphatic heterocycles. The van der Waals surface area contributed by atoms with E-state index in [9.17, 15) is 4.79 Å². The minimum atomic E-state index is 0. The van der Waals surface area contributed by atoms with Crippen LogP contribution in [-0.2, 0) is 14.3 Å². The quantitative estimate of drug-likeness (QED) is 0.648. The SMILES string of the molecule is Cl.O=C(CC1CSCCN1)NCCCOCC1CCOC1. The van der Waals surface area contributed by atoms with E-state index in [0.717, 1.165) is 50.7 Å². The number of rotatable bonds is 8. The Morgan fingerprint density at radius 1 is 1.48 bits per heavy atom. The van der Waals surface area contributed by atoms with Gasteiger partial charge in [0, 0.05) is 56.2 Å². The summed E-state index contributed by atoms with van der Waals surface area (Å²) in [5, 5.41) is 6.34. The molecule has 7 heteroatoms. The van der Waals surface area contributed by atoms with E-state index in [1.165, 1.54) is 0 Å². The zero-order valence-corrected chi connectivity index (χ0v) is 14.1. The largest absolute Gasteiger partial charge is 0.381 e. The molecule has 0 aromatic carbocycles. The number of carbonyl (C=O) groups is 1. The van der Waals surface area contributed by atoms with Crippen molar-refractivity contribution in [2.75, 3.05) is 51.0 Å². The smallest absolute Gasteiger partial charge is 0.221 e.